The van der Waals surface area contributed by atoms with Crippen LogP contribution in [0.5, 0.6) is 5.88 Å². The number of hydrogen-bond donors (Lipinski definition) is 0. The lowest BCUT2D eigenvalue weighted by Gasteiger charge is -2.08. The highest BCUT2D eigenvalue weighted by molar-refractivity contribution is 5.85. The van der Waals surface area contributed by atoms with Gasteiger partial charge in [-0.05, 0) is 37.6 Å². The molecular formula is C20H16N4O4. The number of benzene rings is 2. The van der Waals surface area contributed by atoms with Crippen molar-refractivity contribution in [1.82, 2.24) is 15.1 Å². The molecule has 0 aliphatic heterocycles. The smallest absolute Gasteiger partial charge is 0.270 e. The van der Waals surface area contributed by atoms with E-state index in [9.17, 15) is 10.1 Å². The molecule has 4 aromatic rings. The monoisotopic (exact) mass is 376 g/mol. The Morgan fingerprint density at radius 3 is 2.79 bits per heavy atom. The van der Waals surface area contributed by atoms with Crippen LogP contribution in [0.1, 0.15) is 12.5 Å². The Balaban J connectivity index is 1.80. The lowest BCUT2D eigenvalue weighted by Crippen LogP contribution is -1.98. The van der Waals surface area contributed by atoms with E-state index in [4.69, 9.17) is 9.26 Å². The van der Waals surface area contributed by atoms with Gasteiger partial charge in [-0.3, -0.25) is 10.1 Å². The molecule has 0 spiro atoms. The van der Waals surface area contributed by atoms with Crippen molar-refractivity contribution in [3.63, 3.8) is 0 Å². The minimum absolute atomic E-state index is 0.0463. The maximum absolute atomic E-state index is 11.0. The van der Waals surface area contributed by atoms with E-state index in [1.165, 1.54) is 12.1 Å². The maximum atomic E-state index is 11.0. The zero-order valence-electron chi connectivity index (χ0n) is 15.2. The number of nitro groups is 1. The van der Waals surface area contributed by atoms with Gasteiger partial charge in [0.2, 0.25) is 11.7 Å². The molecule has 0 atom stereocenters. The molecule has 0 unspecified atom stereocenters. The molecule has 4 rings (SSSR count). The Morgan fingerprint density at radius 2 is 2.00 bits per heavy atom. The summed E-state index contributed by atoms with van der Waals surface area (Å²) in [5.74, 6) is 0.900. The predicted octanol–water partition coefficient (Wildman–Crippen LogP) is 4.57. The molecule has 0 aliphatic carbocycles. The van der Waals surface area contributed by atoms with Crippen LogP contribution >= 0.6 is 0 Å². The molecule has 0 N–H and O–H groups in total. The number of fused-ring (bicyclic) bond motifs is 1. The fraction of sp³-hybridized carbons (Fsp3) is 0.150. The largest absolute Gasteiger partial charge is 0.477 e. The number of aromatic nitrogens is 3. The Bertz CT molecular complexity index is 1190. The van der Waals surface area contributed by atoms with E-state index in [0.717, 1.165) is 16.5 Å². The molecule has 2 heterocycles. The first-order valence-electron chi connectivity index (χ1n) is 8.68. The van der Waals surface area contributed by atoms with Gasteiger partial charge in [-0.25, -0.2) is 4.98 Å². The number of ether oxygens (including phenoxy) is 1. The van der Waals surface area contributed by atoms with Crippen LogP contribution in [0.3, 0.4) is 0 Å². The first-order chi connectivity index (χ1) is 13.5. The minimum Gasteiger partial charge on any atom is -0.477 e. The summed E-state index contributed by atoms with van der Waals surface area (Å²) in [6, 6.07) is 13.9. The van der Waals surface area contributed by atoms with Crippen molar-refractivity contribution in [2.24, 2.45) is 0 Å². The van der Waals surface area contributed by atoms with Crippen molar-refractivity contribution in [3.8, 4) is 28.7 Å². The van der Waals surface area contributed by atoms with Crippen molar-refractivity contribution in [3.05, 3.63) is 64.2 Å². The number of nitrogens with zero attached hydrogens (tertiary/aromatic N) is 4. The first-order valence-corrected chi connectivity index (χ1v) is 8.68. The van der Waals surface area contributed by atoms with Gasteiger partial charge in [-0.1, -0.05) is 23.4 Å². The van der Waals surface area contributed by atoms with E-state index in [0.29, 0.717) is 29.4 Å². The van der Waals surface area contributed by atoms with E-state index in [-0.39, 0.29) is 11.6 Å². The van der Waals surface area contributed by atoms with Crippen molar-refractivity contribution in [2.75, 3.05) is 6.61 Å². The normalized spacial score (nSPS) is 10.9. The number of non-ortho nitro benzene ring substituents is 1. The Labute approximate surface area is 159 Å². The average molecular weight is 376 g/mol. The van der Waals surface area contributed by atoms with Crippen LogP contribution in [-0.2, 0) is 0 Å². The third-order valence-electron chi connectivity index (χ3n) is 4.19. The van der Waals surface area contributed by atoms with E-state index in [1.54, 1.807) is 12.1 Å². The highest BCUT2D eigenvalue weighted by atomic mass is 16.6. The summed E-state index contributed by atoms with van der Waals surface area (Å²) in [4.78, 5) is 19.5. The zero-order valence-corrected chi connectivity index (χ0v) is 15.2. The standard InChI is InChI=1S/C20H16N4O4/c1-3-27-20-16(11-13-8-7-12(2)9-17(13)21-20)18-22-19(28-23-18)14-5-4-6-15(10-14)24(25)26/h4-11H,3H2,1-2H3. The van der Waals surface area contributed by atoms with Gasteiger partial charge in [-0.15, -0.1) is 0 Å². The van der Waals surface area contributed by atoms with E-state index in [1.807, 2.05) is 38.1 Å². The average Bonchev–Trinajstić information content (AvgIpc) is 3.18. The van der Waals surface area contributed by atoms with Crippen LogP contribution in [0.2, 0.25) is 0 Å². The SMILES string of the molecule is CCOc1nc2cc(C)ccc2cc1-c1noc(-c2cccc([N+](=O)[O-])c2)n1. The quantitative estimate of drug-likeness (QED) is 0.371. The molecule has 8 nitrogen and oxygen atoms in total. The van der Waals surface area contributed by atoms with Crippen molar-refractivity contribution >= 4 is 16.6 Å². The molecule has 0 saturated heterocycles. The van der Waals surface area contributed by atoms with E-state index >= 15 is 0 Å². The van der Waals surface area contributed by atoms with Gasteiger partial charge in [0.1, 0.15) is 0 Å². The third kappa shape index (κ3) is 3.27. The van der Waals surface area contributed by atoms with Gasteiger partial charge >= 0.3 is 0 Å². The van der Waals surface area contributed by atoms with Crippen LogP contribution in [0.25, 0.3) is 33.7 Å². The molecule has 2 aromatic carbocycles. The summed E-state index contributed by atoms with van der Waals surface area (Å²) >= 11 is 0. The second-order valence-corrected chi connectivity index (χ2v) is 6.20. The number of rotatable bonds is 5. The molecule has 0 fully saturated rings. The topological polar surface area (TPSA) is 104 Å². The number of hydrogen-bond acceptors (Lipinski definition) is 7. The van der Waals surface area contributed by atoms with Crippen LogP contribution in [0.15, 0.2) is 53.1 Å². The summed E-state index contributed by atoms with van der Waals surface area (Å²) < 4.78 is 11.0. The van der Waals surface area contributed by atoms with Gasteiger partial charge in [0, 0.05) is 23.1 Å². The second kappa shape index (κ2) is 7.07. The minimum atomic E-state index is -0.469. The van der Waals surface area contributed by atoms with Crippen molar-refractivity contribution < 1.29 is 14.2 Å². The lowest BCUT2D eigenvalue weighted by atomic mass is 10.1. The van der Waals surface area contributed by atoms with Crippen molar-refractivity contribution in [1.29, 1.82) is 0 Å². The fourth-order valence-corrected chi connectivity index (χ4v) is 2.87. The molecule has 0 radical (unpaired) electrons. The molecule has 0 aliphatic rings. The molecular weight excluding hydrogens is 360 g/mol. The van der Waals surface area contributed by atoms with Gasteiger partial charge in [-0.2, -0.15) is 4.98 Å². The Hall–Kier alpha value is -3.81. The molecule has 8 heteroatoms. The highest BCUT2D eigenvalue weighted by Crippen LogP contribution is 2.32. The maximum Gasteiger partial charge on any atom is 0.270 e. The fourth-order valence-electron chi connectivity index (χ4n) is 2.87. The van der Waals surface area contributed by atoms with Gasteiger partial charge in [0.05, 0.1) is 22.6 Å². The summed E-state index contributed by atoms with van der Waals surface area (Å²) in [6.07, 6.45) is 0. The summed E-state index contributed by atoms with van der Waals surface area (Å²) in [7, 11) is 0. The van der Waals surface area contributed by atoms with E-state index < -0.39 is 4.92 Å². The van der Waals surface area contributed by atoms with Gasteiger partial charge in [0.25, 0.3) is 11.6 Å². The van der Waals surface area contributed by atoms with E-state index in [2.05, 4.69) is 15.1 Å². The van der Waals surface area contributed by atoms with Crippen LogP contribution in [0.4, 0.5) is 5.69 Å². The van der Waals surface area contributed by atoms with Gasteiger partial charge < -0.3 is 9.26 Å². The second-order valence-electron chi connectivity index (χ2n) is 6.20. The third-order valence-corrected chi connectivity index (χ3v) is 4.19. The molecule has 0 saturated carbocycles. The Morgan fingerprint density at radius 1 is 1.14 bits per heavy atom. The van der Waals surface area contributed by atoms with Crippen molar-refractivity contribution in [2.45, 2.75) is 13.8 Å². The number of pyridine rings is 1. The zero-order chi connectivity index (χ0) is 19.7. The highest BCUT2D eigenvalue weighted by Gasteiger charge is 2.18. The number of aryl methyl sites for hydroxylation is 1. The first kappa shape index (κ1) is 17.6. The molecule has 140 valence electrons. The summed E-state index contributed by atoms with van der Waals surface area (Å²) in [5, 5.41) is 15.9. The predicted molar refractivity (Wildman–Crippen MR) is 103 cm³/mol. The molecule has 0 amide bonds. The number of nitro benzene ring substituents is 1. The van der Waals surface area contributed by atoms with Crippen LogP contribution < -0.4 is 4.74 Å². The van der Waals surface area contributed by atoms with Crippen LogP contribution in [-0.4, -0.2) is 26.7 Å². The molecule has 0 bridgehead atoms. The summed E-state index contributed by atoms with van der Waals surface area (Å²) in [6.45, 7) is 4.31. The summed E-state index contributed by atoms with van der Waals surface area (Å²) in [5.41, 5.74) is 2.93. The molecule has 28 heavy (non-hydrogen) atoms. The van der Waals surface area contributed by atoms with Gasteiger partial charge in [0.15, 0.2) is 0 Å². The molecule has 2 aromatic heterocycles. The Kier molecular flexibility index (Phi) is 4.44. The van der Waals surface area contributed by atoms with Crippen LogP contribution in [0, 0.1) is 17.0 Å². The lowest BCUT2D eigenvalue weighted by molar-refractivity contribution is -0.384.